The lowest BCUT2D eigenvalue weighted by molar-refractivity contribution is 0.0425. The summed E-state index contributed by atoms with van der Waals surface area (Å²) in [5.74, 6) is 1.02. The normalized spacial score (nSPS) is 20.4. The van der Waals surface area contributed by atoms with Gasteiger partial charge >= 0.3 is 0 Å². The number of ketones is 1. The summed E-state index contributed by atoms with van der Waals surface area (Å²) in [5, 5.41) is 0. The molecule has 2 fully saturated rings. The zero-order valence-corrected chi connectivity index (χ0v) is 18.1. The van der Waals surface area contributed by atoms with Gasteiger partial charge in [0.2, 0.25) is 0 Å². The molecule has 2 atom stereocenters. The van der Waals surface area contributed by atoms with Crippen LogP contribution < -0.4 is 4.74 Å². The van der Waals surface area contributed by atoms with Crippen molar-refractivity contribution < 1.29 is 9.53 Å². The van der Waals surface area contributed by atoms with Crippen molar-refractivity contribution in [3.05, 3.63) is 65.7 Å². The van der Waals surface area contributed by atoms with Crippen molar-refractivity contribution in [2.24, 2.45) is 0 Å². The summed E-state index contributed by atoms with van der Waals surface area (Å²) in [5.41, 5.74) is 2.04. The van der Waals surface area contributed by atoms with Crippen LogP contribution >= 0.6 is 0 Å². The highest BCUT2D eigenvalue weighted by Crippen LogP contribution is 2.34. The topological polar surface area (TPSA) is 32.8 Å². The van der Waals surface area contributed by atoms with Gasteiger partial charge in [0, 0.05) is 5.56 Å². The molecule has 0 radical (unpaired) electrons. The quantitative estimate of drug-likeness (QED) is 0.609. The van der Waals surface area contributed by atoms with E-state index < -0.39 is 0 Å². The third-order valence-electron chi connectivity index (χ3n) is 6.65. The van der Waals surface area contributed by atoms with Gasteiger partial charge in [-0.15, -0.1) is 0 Å². The van der Waals surface area contributed by atoms with Gasteiger partial charge in [0.05, 0.1) is 19.2 Å². The highest BCUT2D eigenvalue weighted by atomic mass is 16.5. The second-order valence-corrected chi connectivity index (χ2v) is 8.59. The van der Waals surface area contributed by atoms with Crippen LogP contribution in [0, 0.1) is 0 Å². The van der Waals surface area contributed by atoms with E-state index in [0.29, 0.717) is 0 Å². The fraction of sp³-hybridized carbons (Fsp3) is 0.500. The molecule has 2 heterocycles. The highest BCUT2D eigenvalue weighted by Gasteiger charge is 2.39. The van der Waals surface area contributed by atoms with Gasteiger partial charge in [0.15, 0.2) is 5.78 Å². The molecule has 2 unspecified atom stereocenters. The first-order valence-corrected chi connectivity index (χ1v) is 11.5. The molecular formula is C26H34N2O2. The van der Waals surface area contributed by atoms with Crippen LogP contribution in [0.1, 0.15) is 60.5 Å². The minimum atomic E-state index is -0.154. The Morgan fingerprint density at radius 1 is 0.767 bits per heavy atom. The van der Waals surface area contributed by atoms with E-state index >= 15 is 0 Å². The lowest BCUT2D eigenvalue weighted by Crippen LogP contribution is -2.53. The zero-order chi connectivity index (χ0) is 20.8. The Bertz CT molecular complexity index is 794. The summed E-state index contributed by atoms with van der Waals surface area (Å²) in [6.45, 7) is 4.15. The number of hydrogen-bond donors (Lipinski definition) is 0. The monoisotopic (exact) mass is 406 g/mol. The number of likely N-dealkylation sites (tertiary alicyclic amines) is 2. The lowest BCUT2D eigenvalue weighted by atomic mass is 9.88. The van der Waals surface area contributed by atoms with E-state index in [1.807, 2.05) is 24.3 Å². The molecule has 0 bridgehead atoms. The maximum atomic E-state index is 14.0. The number of carbonyl (C=O) groups excluding carboxylic acids is 1. The number of carbonyl (C=O) groups is 1. The van der Waals surface area contributed by atoms with Gasteiger partial charge in [-0.3, -0.25) is 14.6 Å². The predicted octanol–water partition coefficient (Wildman–Crippen LogP) is 4.96. The fourth-order valence-corrected chi connectivity index (χ4v) is 5.07. The molecule has 2 aromatic rings. The van der Waals surface area contributed by atoms with Crippen molar-refractivity contribution in [3.63, 3.8) is 0 Å². The van der Waals surface area contributed by atoms with Gasteiger partial charge in [0.25, 0.3) is 0 Å². The molecule has 4 rings (SSSR count). The second kappa shape index (κ2) is 10.2. The van der Waals surface area contributed by atoms with Crippen LogP contribution in [0.4, 0.5) is 0 Å². The smallest absolute Gasteiger partial charge is 0.181 e. The number of nitrogens with zero attached hydrogens (tertiary/aromatic N) is 2. The Kier molecular flexibility index (Phi) is 7.19. The van der Waals surface area contributed by atoms with Gasteiger partial charge in [-0.05, 0) is 81.7 Å². The van der Waals surface area contributed by atoms with E-state index in [4.69, 9.17) is 4.74 Å². The molecule has 2 aliphatic heterocycles. The molecule has 4 nitrogen and oxygen atoms in total. The lowest BCUT2D eigenvalue weighted by Gasteiger charge is -2.44. The summed E-state index contributed by atoms with van der Waals surface area (Å²) in [6, 6.07) is 18.3. The molecule has 0 saturated carbocycles. The highest BCUT2D eigenvalue weighted by molar-refractivity contribution is 6.00. The van der Waals surface area contributed by atoms with E-state index in [-0.39, 0.29) is 17.9 Å². The maximum absolute atomic E-state index is 14.0. The van der Waals surface area contributed by atoms with E-state index in [1.54, 1.807) is 7.11 Å². The Balaban J connectivity index is 1.73. The third-order valence-corrected chi connectivity index (χ3v) is 6.65. The molecule has 0 N–H and O–H groups in total. The van der Waals surface area contributed by atoms with Crippen molar-refractivity contribution in [1.29, 1.82) is 0 Å². The van der Waals surface area contributed by atoms with Crippen LogP contribution in [-0.2, 0) is 0 Å². The third kappa shape index (κ3) is 4.76. The number of Topliss-reactive ketones (excluding diaryl/α,β-unsaturated/α-hetero) is 1. The van der Waals surface area contributed by atoms with E-state index in [9.17, 15) is 4.79 Å². The first-order chi connectivity index (χ1) is 14.8. The van der Waals surface area contributed by atoms with Crippen LogP contribution in [0.5, 0.6) is 5.75 Å². The molecule has 0 aliphatic carbocycles. The first kappa shape index (κ1) is 21.1. The largest absolute Gasteiger partial charge is 0.497 e. The van der Waals surface area contributed by atoms with Crippen molar-refractivity contribution in [2.75, 3.05) is 33.3 Å². The first-order valence-electron chi connectivity index (χ1n) is 11.5. The molecule has 0 spiro atoms. The van der Waals surface area contributed by atoms with Gasteiger partial charge in [-0.1, -0.05) is 43.2 Å². The Hall–Kier alpha value is -2.17. The molecule has 4 heteroatoms. The Morgan fingerprint density at radius 2 is 1.33 bits per heavy atom. The summed E-state index contributed by atoms with van der Waals surface area (Å²) in [4.78, 5) is 19.0. The predicted molar refractivity (Wildman–Crippen MR) is 121 cm³/mol. The van der Waals surface area contributed by atoms with Crippen LogP contribution in [0.15, 0.2) is 54.6 Å². The van der Waals surface area contributed by atoms with Gasteiger partial charge in [0.1, 0.15) is 5.75 Å². The molecule has 30 heavy (non-hydrogen) atoms. The molecule has 2 aromatic carbocycles. The Labute approximate surface area is 180 Å². The maximum Gasteiger partial charge on any atom is 0.181 e. The van der Waals surface area contributed by atoms with Gasteiger partial charge in [-0.2, -0.15) is 0 Å². The molecule has 2 saturated heterocycles. The van der Waals surface area contributed by atoms with Crippen LogP contribution in [0.2, 0.25) is 0 Å². The van der Waals surface area contributed by atoms with Crippen LogP contribution in [-0.4, -0.2) is 54.9 Å². The van der Waals surface area contributed by atoms with Crippen molar-refractivity contribution in [3.8, 4) is 5.75 Å². The molecular weight excluding hydrogens is 372 g/mol. The van der Waals surface area contributed by atoms with Gasteiger partial charge in [-0.25, -0.2) is 0 Å². The molecule has 0 amide bonds. The van der Waals surface area contributed by atoms with Crippen molar-refractivity contribution >= 4 is 5.78 Å². The summed E-state index contributed by atoms with van der Waals surface area (Å²) >= 11 is 0. The summed E-state index contributed by atoms with van der Waals surface area (Å²) in [6.07, 6.45) is 7.33. The molecule has 160 valence electrons. The van der Waals surface area contributed by atoms with E-state index in [1.165, 1.54) is 44.1 Å². The van der Waals surface area contributed by atoms with Crippen LogP contribution in [0.25, 0.3) is 0 Å². The zero-order valence-electron chi connectivity index (χ0n) is 18.1. The molecule has 0 aromatic heterocycles. The van der Waals surface area contributed by atoms with Crippen LogP contribution in [0.3, 0.4) is 0 Å². The minimum Gasteiger partial charge on any atom is -0.497 e. The fourth-order valence-electron chi connectivity index (χ4n) is 5.07. The SMILES string of the molecule is COc1ccc(C(=O)C(C(c2ccccc2)N2CCCCC2)N2CCCCC2)cc1. The molecule has 2 aliphatic rings. The average Bonchev–Trinajstić information content (AvgIpc) is 2.84. The average molecular weight is 407 g/mol. The second-order valence-electron chi connectivity index (χ2n) is 8.59. The standard InChI is InChI=1S/C26H34N2O2/c1-30-23-15-13-22(14-16-23)26(29)25(28-19-9-4-10-20-28)24(21-11-5-2-6-12-21)27-17-7-3-8-18-27/h2,5-6,11-16,24-25H,3-4,7-10,17-20H2,1H3. The Morgan fingerprint density at radius 3 is 1.90 bits per heavy atom. The number of ether oxygens (including phenoxy) is 1. The number of methoxy groups -OCH3 is 1. The van der Waals surface area contributed by atoms with Crippen molar-refractivity contribution in [1.82, 2.24) is 9.80 Å². The minimum absolute atomic E-state index is 0.0965. The number of benzene rings is 2. The van der Waals surface area contributed by atoms with E-state index in [2.05, 4.69) is 40.1 Å². The number of hydrogen-bond acceptors (Lipinski definition) is 4. The summed E-state index contributed by atoms with van der Waals surface area (Å²) < 4.78 is 5.31. The number of rotatable bonds is 7. The number of piperidine rings is 2. The van der Waals surface area contributed by atoms with Gasteiger partial charge < -0.3 is 4.74 Å². The summed E-state index contributed by atoms with van der Waals surface area (Å²) in [7, 11) is 1.66. The van der Waals surface area contributed by atoms with Crippen molar-refractivity contribution in [2.45, 2.75) is 50.6 Å². The van der Waals surface area contributed by atoms with E-state index in [0.717, 1.165) is 37.5 Å².